The predicted molar refractivity (Wildman–Crippen MR) is 109 cm³/mol. The molecule has 0 radical (unpaired) electrons. The number of thioether (sulfide) groups is 1. The second kappa shape index (κ2) is 8.11. The van der Waals surface area contributed by atoms with Gasteiger partial charge in [0, 0.05) is 36.7 Å². The monoisotopic (exact) mass is 435 g/mol. The molecule has 1 aliphatic heterocycles. The fourth-order valence-electron chi connectivity index (χ4n) is 3.16. The van der Waals surface area contributed by atoms with Crippen molar-refractivity contribution < 1.29 is 21.4 Å². The molecule has 1 aliphatic rings. The van der Waals surface area contributed by atoms with Crippen LogP contribution in [0.1, 0.15) is 12.6 Å². The Labute approximate surface area is 176 Å². The lowest BCUT2D eigenvalue weighted by Crippen LogP contribution is -3.00. The second-order valence-electron chi connectivity index (χ2n) is 6.25. The van der Waals surface area contributed by atoms with E-state index in [9.17, 15) is 9.18 Å². The summed E-state index contributed by atoms with van der Waals surface area (Å²) in [7, 11) is 3.79. The smallest absolute Gasteiger partial charge is 0.271 e. The topological polar surface area (TPSA) is 29.1 Å². The first kappa shape index (κ1) is 20.6. The van der Waals surface area contributed by atoms with E-state index in [-0.39, 0.29) is 23.8 Å². The quantitative estimate of drug-likeness (QED) is 0.485. The molecule has 0 amide bonds. The zero-order valence-electron chi connectivity index (χ0n) is 15.6. The molecule has 0 aliphatic carbocycles. The highest BCUT2D eigenvalue weighted by molar-refractivity contribution is 8.08. The van der Waals surface area contributed by atoms with Crippen LogP contribution in [0.4, 0.5) is 10.1 Å². The molecule has 4 rings (SSSR count). The third-order valence-electron chi connectivity index (χ3n) is 4.59. The van der Waals surface area contributed by atoms with Gasteiger partial charge in [0.1, 0.15) is 27.1 Å². The van der Waals surface area contributed by atoms with E-state index in [1.54, 1.807) is 15.5 Å². The van der Waals surface area contributed by atoms with Crippen LogP contribution in [-0.2, 0) is 13.6 Å². The van der Waals surface area contributed by atoms with E-state index in [1.165, 1.54) is 29.2 Å². The molecule has 0 spiro atoms. The zero-order chi connectivity index (χ0) is 19.1. The van der Waals surface area contributed by atoms with Crippen LogP contribution in [0.3, 0.4) is 0 Å². The van der Waals surface area contributed by atoms with Crippen LogP contribution < -0.4 is 36.6 Å². The lowest BCUT2D eigenvalue weighted by molar-refractivity contribution is -0.673. The van der Waals surface area contributed by atoms with Crippen LogP contribution in [-0.4, -0.2) is 11.6 Å². The van der Waals surface area contributed by atoms with Gasteiger partial charge in [-0.25, -0.2) is 8.96 Å². The van der Waals surface area contributed by atoms with Crippen molar-refractivity contribution in [2.45, 2.75) is 18.4 Å². The summed E-state index contributed by atoms with van der Waals surface area (Å²) in [5.74, 6) is -0.270. The number of rotatable bonds is 2. The number of nitrogens with zero attached hydrogens (tertiary/aromatic N) is 3. The van der Waals surface area contributed by atoms with Gasteiger partial charge in [-0.3, -0.25) is 9.36 Å². The van der Waals surface area contributed by atoms with Crippen molar-refractivity contribution in [3.8, 4) is 0 Å². The highest BCUT2D eigenvalue weighted by Crippen LogP contribution is 2.46. The van der Waals surface area contributed by atoms with Gasteiger partial charge < -0.3 is 17.3 Å². The molecule has 8 heteroatoms. The van der Waals surface area contributed by atoms with Crippen molar-refractivity contribution in [2.75, 3.05) is 11.9 Å². The molecule has 0 N–H and O–H groups in total. The molecule has 0 unspecified atom stereocenters. The third-order valence-corrected chi connectivity index (χ3v) is 7.05. The fraction of sp³-hybridized carbons (Fsp3) is 0.200. The first-order valence-corrected chi connectivity index (χ1v) is 10.2. The zero-order valence-corrected chi connectivity index (χ0v) is 18.0. The van der Waals surface area contributed by atoms with Gasteiger partial charge in [0.05, 0.1) is 5.69 Å². The number of hydrogen-bond donors (Lipinski definition) is 0. The van der Waals surface area contributed by atoms with Crippen molar-refractivity contribution in [2.24, 2.45) is 7.05 Å². The number of fused-ring (bicyclic) bond motifs is 1. The van der Waals surface area contributed by atoms with Crippen LogP contribution in [0, 0.1) is 5.82 Å². The van der Waals surface area contributed by atoms with Gasteiger partial charge in [0.25, 0.3) is 5.56 Å². The Balaban J connectivity index is 0.00000225. The molecule has 0 saturated heterocycles. The number of para-hydroxylation sites is 1. The normalized spacial score (nSPS) is 15.6. The molecule has 146 valence electrons. The third kappa shape index (κ3) is 3.38. The Kier molecular flexibility index (Phi) is 5.98. The molecule has 3 aromatic rings. The van der Waals surface area contributed by atoms with E-state index in [2.05, 4.69) is 0 Å². The fourth-order valence-corrected chi connectivity index (χ4v) is 5.63. The molecule has 2 aromatic heterocycles. The Bertz CT molecular complexity index is 1220. The summed E-state index contributed by atoms with van der Waals surface area (Å²) >= 11 is 2.90. The maximum atomic E-state index is 14.3. The number of benzene rings is 1. The SMILES string of the molecule is CCn1c(=O)/c(=C2\Sc3cccc(F)c3N2C)s/c1=C\c1cccc[n+]1C.[Cl-]. The lowest BCUT2D eigenvalue weighted by Gasteiger charge is -2.12. The molecular weight excluding hydrogens is 417 g/mol. The molecule has 0 bridgehead atoms. The average molecular weight is 436 g/mol. The second-order valence-corrected chi connectivity index (χ2v) is 8.31. The number of thiazole rings is 1. The van der Waals surface area contributed by atoms with Gasteiger partial charge in [0.2, 0.25) is 5.69 Å². The van der Waals surface area contributed by atoms with Crippen molar-refractivity contribution in [3.05, 3.63) is 73.7 Å². The summed E-state index contributed by atoms with van der Waals surface area (Å²) in [6.45, 7) is 2.55. The number of halogens is 2. The van der Waals surface area contributed by atoms with Gasteiger partial charge in [0.15, 0.2) is 6.20 Å². The number of aryl methyl sites for hydroxylation is 1. The summed E-state index contributed by atoms with van der Waals surface area (Å²) < 4.78 is 19.6. The Morgan fingerprint density at radius 2 is 2.00 bits per heavy atom. The molecule has 1 aromatic carbocycles. The van der Waals surface area contributed by atoms with E-state index < -0.39 is 0 Å². The molecule has 3 heterocycles. The van der Waals surface area contributed by atoms with Crippen LogP contribution in [0.2, 0.25) is 0 Å². The van der Waals surface area contributed by atoms with E-state index in [1.807, 2.05) is 62.1 Å². The van der Waals surface area contributed by atoms with Gasteiger partial charge in [-0.05, 0) is 25.1 Å². The molecular formula is C20H19ClFN3OS2. The first-order valence-electron chi connectivity index (χ1n) is 8.61. The summed E-state index contributed by atoms with van der Waals surface area (Å²) in [6, 6.07) is 11.0. The van der Waals surface area contributed by atoms with Crippen molar-refractivity contribution in [1.29, 1.82) is 0 Å². The summed E-state index contributed by atoms with van der Waals surface area (Å²) in [4.78, 5) is 15.7. The van der Waals surface area contributed by atoms with Gasteiger partial charge in [-0.1, -0.05) is 17.8 Å². The largest absolute Gasteiger partial charge is 1.00 e. The minimum Gasteiger partial charge on any atom is -1.00 e. The first-order chi connectivity index (χ1) is 13.0. The highest BCUT2D eigenvalue weighted by Gasteiger charge is 2.27. The number of hydrogen-bond acceptors (Lipinski definition) is 4. The predicted octanol–water partition coefficient (Wildman–Crippen LogP) is -0.966. The van der Waals surface area contributed by atoms with E-state index >= 15 is 0 Å². The standard InChI is InChI=1S/C20H19FN3OS2.ClH/c1-4-24-16(12-13-8-5-6-11-22(13)2)27-18(19(24)25)20-23(3)17-14(21)9-7-10-15(17)26-20;/h5-12H,4H2,1-3H3;1H/q+1;/p-1/b20-18+;. The van der Waals surface area contributed by atoms with Crippen LogP contribution >= 0.6 is 23.1 Å². The summed E-state index contributed by atoms with van der Waals surface area (Å²) in [6.07, 6.45) is 4.00. The molecule has 28 heavy (non-hydrogen) atoms. The van der Waals surface area contributed by atoms with E-state index in [0.717, 1.165) is 20.3 Å². The van der Waals surface area contributed by atoms with Crippen molar-refractivity contribution >= 4 is 39.9 Å². The minimum atomic E-state index is -0.270. The molecule has 4 nitrogen and oxygen atoms in total. The summed E-state index contributed by atoms with van der Waals surface area (Å²) in [5, 5.41) is 0.782. The number of anilines is 1. The van der Waals surface area contributed by atoms with E-state index in [0.29, 0.717) is 16.8 Å². The summed E-state index contributed by atoms with van der Waals surface area (Å²) in [5.41, 5.74) is 1.52. The maximum absolute atomic E-state index is 14.3. The van der Waals surface area contributed by atoms with Gasteiger partial charge in [-0.2, -0.15) is 0 Å². The van der Waals surface area contributed by atoms with Gasteiger partial charge in [-0.15, -0.1) is 11.3 Å². The number of aromatic nitrogens is 2. The molecule has 0 saturated carbocycles. The Morgan fingerprint density at radius 3 is 2.68 bits per heavy atom. The lowest BCUT2D eigenvalue weighted by atomic mass is 10.3. The van der Waals surface area contributed by atoms with Crippen molar-refractivity contribution in [1.82, 2.24) is 4.57 Å². The maximum Gasteiger partial charge on any atom is 0.271 e. The van der Waals surface area contributed by atoms with Crippen LogP contribution in [0.15, 0.2) is 52.3 Å². The van der Waals surface area contributed by atoms with Gasteiger partial charge >= 0.3 is 0 Å². The number of pyridine rings is 1. The van der Waals surface area contributed by atoms with E-state index in [4.69, 9.17) is 0 Å². The molecule has 0 atom stereocenters. The molecule has 0 fully saturated rings. The minimum absolute atomic E-state index is 0. The Hall–Kier alpha value is -2.09. The Morgan fingerprint density at radius 1 is 1.21 bits per heavy atom. The average Bonchev–Trinajstić information content (AvgIpc) is 3.14. The van der Waals surface area contributed by atoms with Crippen LogP contribution in [0.25, 0.3) is 11.1 Å². The van der Waals surface area contributed by atoms with Crippen LogP contribution in [0.5, 0.6) is 0 Å². The van der Waals surface area contributed by atoms with Crippen molar-refractivity contribution in [3.63, 3.8) is 0 Å². The highest BCUT2D eigenvalue weighted by atomic mass is 35.5.